The Hall–Kier alpha value is -1.17. The van der Waals surface area contributed by atoms with Crippen molar-refractivity contribution in [1.29, 1.82) is 5.26 Å². The normalized spacial score (nSPS) is 18.2. The first-order chi connectivity index (χ1) is 8.49. The average Bonchev–Trinajstić information content (AvgIpc) is 2.37. The summed E-state index contributed by atoms with van der Waals surface area (Å²) in [7, 11) is -2.17. The summed E-state index contributed by atoms with van der Waals surface area (Å²) in [6.07, 6.45) is -0.128. The maximum atomic E-state index is 11.9. The molecule has 0 spiro atoms. The van der Waals surface area contributed by atoms with Crippen LogP contribution in [-0.2, 0) is 19.6 Å². The van der Waals surface area contributed by atoms with Gasteiger partial charge in [-0.2, -0.15) is 9.57 Å². The summed E-state index contributed by atoms with van der Waals surface area (Å²) in [5.74, 6) is -0.750. The molecular weight excluding hydrogens is 258 g/mol. The van der Waals surface area contributed by atoms with Crippen LogP contribution in [0.2, 0.25) is 0 Å². The van der Waals surface area contributed by atoms with Crippen molar-refractivity contribution in [2.24, 2.45) is 0 Å². The molecule has 0 bridgehead atoms. The molecule has 1 fully saturated rings. The number of nitrogens with zero attached hydrogens (tertiary/aromatic N) is 3. The molecule has 1 heterocycles. The van der Waals surface area contributed by atoms with Crippen LogP contribution < -0.4 is 0 Å². The van der Waals surface area contributed by atoms with Gasteiger partial charge in [0.2, 0.25) is 10.0 Å². The van der Waals surface area contributed by atoms with Gasteiger partial charge in [-0.15, -0.1) is 0 Å². The second-order valence-electron chi connectivity index (χ2n) is 3.98. The van der Waals surface area contributed by atoms with Crippen molar-refractivity contribution in [2.75, 3.05) is 45.6 Å². The molecule has 8 heteroatoms. The van der Waals surface area contributed by atoms with Gasteiger partial charge in [-0.05, 0) is 0 Å². The fourth-order valence-corrected chi connectivity index (χ4v) is 3.11. The Kier molecular flexibility index (Phi) is 5.53. The zero-order valence-corrected chi connectivity index (χ0v) is 11.1. The van der Waals surface area contributed by atoms with Crippen LogP contribution in [0.25, 0.3) is 0 Å². The number of methoxy groups -OCH3 is 1. The van der Waals surface area contributed by atoms with E-state index in [0.29, 0.717) is 32.7 Å². The molecule has 0 aliphatic carbocycles. The molecular formula is C10H17N3O4S. The van der Waals surface area contributed by atoms with Gasteiger partial charge in [-0.25, -0.2) is 8.42 Å². The van der Waals surface area contributed by atoms with Gasteiger partial charge in [-0.3, -0.25) is 9.69 Å². The molecule has 0 atom stereocenters. The van der Waals surface area contributed by atoms with Crippen LogP contribution in [0.15, 0.2) is 0 Å². The number of hydrogen-bond donors (Lipinski definition) is 0. The standard InChI is InChI=1S/C10H17N3O4S/c1-17-10(14)2-9-18(15,16)13-7-5-12(4-3-11)6-8-13/h2,4-9H2,1H3. The number of ether oxygens (including phenoxy) is 1. The molecule has 0 aromatic carbocycles. The summed E-state index contributed by atoms with van der Waals surface area (Å²) in [5.41, 5.74) is 0. The molecule has 1 rings (SSSR count). The van der Waals surface area contributed by atoms with E-state index in [2.05, 4.69) is 4.74 Å². The number of carbonyl (C=O) groups is 1. The highest BCUT2D eigenvalue weighted by atomic mass is 32.2. The van der Waals surface area contributed by atoms with E-state index in [1.165, 1.54) is 11.4 Å². The molecule has 7 nitrogen and oxygen atoms in total. The van der Waals surface area contributed by atoms with Gasteiger partial charge >= 0.3 is 5.97 Å². The topological polar surface area (TPSA) is 90.7 Å². The number of esters is 1. The van der Waals surface area contributed by atoms with Crippen LogP contribution in [0.5, 0.6) is 0 Å². The van der Waals surface area contributed by atoms with E-state index in [-0.39, 0.29) is 12.2 Å². The van der Waals surface area contributed by atoms with Crippen LogP contribution in [0.3, 0.4) is 0 Å². The number of nitriles is 1. The minimum absolute atomic E-state index is 0.128. The molecule has 1 aliphatic heterocycles. The van der Waals surface area contributed by atoms with Gasteiger partial charge in [0.25, 0.3) is 0 Å². The number of piperazine rings is 1. The first-order valence-corrected chi connectivity index (χ1v) is 7.24. The van der Waals surface area contributed by atoms with Gasteiger partial charge in [0.15, 0.2) is 0 Å². The first kappa shape index (κ1) is 14.9. The molecule has 0 unspecified atom stereocenters. The van der Waals surface area contributed by atoms with Crippen LogP contribution in [-0.4, -0.2) is 69.2 Å². The summed E-state index contributed by atoms with van der Waals surface area (Å²) in [4.78, 5) is 12.8. The van der Waals surface area contributed by atoms with Crippen LogP contribution >= 0.6 is 0 Å². The van der Waals surface area contributed by atoms with E-state index < -0.39 is 16.0 Å². The van der Waals surface area contributed by atoms with Crippen LogP contribution in [0.4, 0.5) is 0 Å². The third-order valence-electron chi connectivity index (χ3n) is 2.81. The lowest BCUT2D eigenvalue weighted by Crippen LogP contribution is -2.49. The van der Waals surface area contributed by atoms with Crippen molar-refractivity contribution in [3.05, 3.63) is 0 Å². The molecule has 0 aromatic rings. The molecule has 1 saturated heterocycles. The summed E-state index contributed by atoms with van der Waals surface area (Å²) in [6.45, 7) is 2.14. The molecule has 0 saturated carbocycles. The molecule has 18 heavy (non-hydrogen) atoms. The smallest absolute Gasteiger partial charge is 0.306 e. The maximum absolute atomic E-state index is 11.9. The SMILES string of the molecule is COC(=O)CCS(=O)(=O)N1CCN(CC#N)CC1. The van der Waals surface area contributed by atoms with Crippen molar-refractivity contribution in [2.45, 2.75) is 6.42 Å². The molecule has 102 valence electrons. The third kappa shape index (κ3) is 4.25. The van der Waals surface area contributed by atoms with E-state index in [4.69, 9.17) is 5.26 Å². The summed E-state index contributed by atoms with van der Waals surface area (Å²) in [5, 5.41) is 8.54. The number of rotatable bonds is 5. The van der Waals surface area contributed by atoms with E-state index in [1.54, 1.807) is 0 Å². The Balaban J connectivity index is 2.46. The highest BCUT2D eigenvalue weighted by molar-refractivity contribution is 7.89. The Bertz CT molecular complexity index is 421. The minimum atomic E-state index is -3.40. The quantitative estimate of drug-likeness (QED) is 0.473. The van der Waals surface area contributed by atoms with Crippen molar-refractivity contribution < 1.29 is 17.9 Å². The van der Waals surface area contributed by atoms with Gasteiger partial charge in [-0.1, -0.05) is 0 Å². The van der Waals surface area contributed by atoms with E-state index in [0.717, 1.165) is 0 Å². The molecule has 0 N–H and O–H groups in total. The van der Waals surface area contributed by atoms with E-state index >= 15 is 0 Å². The monoisotopic (exact) mass is 275 g/mol. The van der Waals surface area contributed by atoms with Gasteiger partial charge in [0, 0.05) is 26.2 Å². The first-order valence-electron chi connectivity index (χ1n) is 5.63. The average molecular weight is 275 g/mol. The van der Waals surface area contributed by atoms with Gasteiger partial charge < -0.3 is 4.74 Å². The number of sulfonamides is 1. The zero-order chi connectivity index (χ0) is 13.6. The lowest BCUT2D eigenvalue weighted by Gasteiger charge is -2.32. The lowest BCUT2D eigenvalue weighted by atomic mass is 10.4. The molecule has 1 aliphatic rings. The summed E-state index contributed by atoms with van der Waals surface area (Å²) >= 11 is 0. The number of hydrogen-bond acceptors (Lipinski definition) is 6. The van der Waals surface area contributed by atoms with Crippen molar-refractivity contribution >= 4 is 16.0 Å². The van der Waals surface area contributed by atoms with Crippen molar-refractivity contribution in [1.82, 2.24) is 9.21 Å². The van der Waals surface area contributed by atoms with Crippen molar-refractivity contribution in [3.63, 3.8) is 0 Å². The predicted molar refractivity (Wildman–Crippen MR) is 64.0 cm³/mol. The van der Waals surface area contributed by atoms with Crippen LogP contribution in [0, 0.1) is 11.3 Å². The van der Waals surface area contributed by atoms with Crippen molar-refractivity contribution in [3.8, 4) is 6.07 Å². The Morgan fingerprint density at radius 1 is 1.33 bits per heavy atom. The minimum Gasteiger partial charge on any atom is -0.469 e. The number of carbonyl (C=O) groups excluding carboxylic acids is 1. The summed E-state index contributed by atoms with van der Waals surface area (Å²) in [6, 6.07) is 2.04. The van der Waals surface area contributed by atoms with Crippen LogP contribution in [0.1, 0.15) is 6.42 Å². The maximum Gasteiger partial charge on any atom is 0.306 e. The molecule has 0 amide bonds. The largest absolute Gasteiger partial charge is 0.469 e. The zero-order valence-electron chi connectivity index (χ0n) is 10.3. The van der Waals surface area contributed by atoms with E-state index in [9.17, 15) is 13.2 Å². The van der Waals surface area contributed by atoms with E-state index in [1.807, 2.05) is 11.0 Å². The third-order valence-corrected chi connectivity index (χ3v) is 4.68. The Labute approximate surface area is 107 Å². The van der Waals surface area contributed by atoms with Gasteiger partial charge in [0.05, 0.1) is 31.9 Å². The second-order valence-corrected chi connectivity index (χ2v) is 6.06. The fourth-order valence-electron chi connectivity index (χ4n) is 1.71. The molecule has 0 radical (unpaired) electrons. The second kappa shape index (κ2) is 6.68. The fraction of sp³-hybridized carbons (Fsp3) is 0.800. The highest BCUT2D eigenvalue weighted by Crippen LogP contribution is 2.09. The van der Waals surface area contributed by atoms with Gasteiger partial charge in [0.1, 0.15) is 0 Å². The predicted octanol–water partition coefficient (Wildman–Crippen LogP) is -0.980. The Morgan fingerprint density at radius 2 is 1.94 bits per heavy atom. The summed E-state index contributed by atoms with van der Waals surface area (Å²) < 4.78 is 29.6. The molecule has 0 aromatic heterocycles. The Morgan fingerprint density at radius 3 is 2.44 bits per heavy atom. The lowest BCUT2D eigenvalue weighted by molar-refractivity contribution is -0.140. The highest BCUT2D eigenvalue weighted by Gasteiger charge is 2.27.